The highest BCUT2D eigenvalue weighted by Gasteiger charge is 2.19. The molecule has 7 heteroatoms. The molecule has 1 aromatic heterocycles. The van der Waals surface area contributed by atoms with Crippen LogP contribution < -0.4 is 10.2 Å². The Kier molecular flexibility index (Phi) is 6.67. The van der Waals surface area contributed by atoms with Gasteiger partial charge in [-0.2, -0.15) is 0 Å². The first-order chi connectivity index (χ1) is 14.6. The number of carbonyl (C=O) groups excluding carboxylic acids is 1. The molecule has 156 valence electrons. The van der Waals surface area contributed by atoms with E-state index in [1.807, 2.05) is 37.3 Å². The van der Waals surface area contributed by atoms with Crippen LogP contribution in [-0.4, -0.2) is 55.1 Å². The van der Waals surface area contributed by atoms with Gasteiger partial charge in [0.05, 0.1) is 5.69 Å². The van der Waals surface area contributed by atoms with Gasteiger partial charge in [0.1, 0.15) is 9.88 Å². The first-order valence-electron chi connectivity index (χ1n) is 10.1. The second kappa shape index (κ2) is 9.60. The van der Waals surface area contributed by atoms with E-state index in [9.17, 15) is 4.79 Å². The lowest BCUT2D eigenvalue weighted by Gasteiger charge is -2.36. The number of amides is 1. The van der Waals surface area contributed by atoms with E-state index < -0.39 is 0 Å². The fourth-order valence-electron chi connectivity index (χ4n) is 3.60. The number of hydrogen-bond donors (Lipinski definition) is 1. The van der Waals surface area contributed by atoms with E-state index in [-0.39, 0.29) is 5.91 Å². The van der Waals surface area contributed by atoms with Crippen molar-refractivity contribution in [2.24, 2.45) is 0 Å². The predicted molar refractivity (Wildman–Crippen MR) is 125 cm³/mol. The number of piperazine rings is 1. The topological polar surface area (TPSA) is 48.5 Å². The number of para-hydroxylation sites is 1. The van der Waals surface area contributed by atoms with Crippen molar-refractivity contribution < 1.29 is 4.79 Å². The van der Waals surface area contributed by atoms with Crippen molar-refractivity contribution in [1.82, 2.24) is 15.2 Å². The van der Waals surface area contributed by atoms with Crippen LogP contribution in [0, 0.1) is 6.92 Å². The van der Waals surface area contributed by atoms with Gasteiger partial charge in [-0.05, 0) is 31.2 Å². The van der Waals surface area contributed by atoms with Gasteiger partial charge in [0.2, 0.25) is 0 Å². The van der Waals surface area contributed by atoms with E-state index >= 15 is 0 Å². The Hall–Kier alpha value is -2.41. The second-order valence-electron chi connectivity index (χ2n) is 7.36. The summed E-state index contributed by atoms with van der Waals surface area (Å²) < 4.78 is 0. The highest BCUT2D eigenvalue weighted by atomic mass is 35.5. The monoisotopic (exact) mass is 440 g/mol. The SMILES string of the molecule is Cc1nc(-c2ccc(Cl)cc2)sc1C(=O)NCCN1CCN(c2ccccc2)CC1. The fraction of sp³-hybridized carbons (Fsp3) is 0.304. The van der Waals surface area contributed by atoms with Crippen LogP contribution in [0.2, 0.25) is 5.02 Å². The predicted octanol–water partition coefficient (Wildman–Crippen LogP) is 4.32. The summed E-state index contributed by atoms with van der Waals surface area (Å²) in [4.78, 5) is 22.7. The van der Waals surface area contributed by atoms with Crippen LogP contribution in [0.4, 0.5) is 5.69 Å². The molecule has 1 aliphatic rings. The minimum atomic E-state index is -0.0480. The van der Waals surface area contributed by atoms with Crippen molar-refractivity contribution in [3.8, 4) is 10.6 Å². The molecule has 0 spiro atoms. The minimum Gasteiger partial charge on any atom is -0.369 e. The molecule has 0 bridgehead atoms. The van der Waals surface area contributed by atoms with Gasteiger partial charge in [-0.25, -0.2) is 4.98 Å². The van der Waals surface area contributed by atoms with Crippen molar-refractivity contribution >= 4 is 34.5 Å². The number of nitrogens with zero attached hydrogens (tertiary/aromatic N) is 3. The third-order valence-electron chi connectivity index (χ3n) is 5.30. The summed E-state index contributed by atoms with van der Waals surface area (Å²) in [7, 11) is 0. The summed E-state index contributed by atoms with van der Waals surface area (Å²) in [6.45, 7) is 7.41. The average Bonchev–Trinajstić information content (AvgIpc) is 3.17. The molecule has 1 amide bonds. The summed E-state index contributed by atoms with van der Waals surface area (Å²) in [6, 6.07) is 18.1. The standard InChI is InChI=1S/C23H25ClN4OS/c1-17-21(30-23(26-17)18-7-9-19(24)10-8-18)22(29)25-11-12-27-13-15-28(16-14-27)20-5-3-2-4-6-20/h2-10H,11-16H2,1H3,(H,25,29). The summed E-state index contributed by atoms with van der Waals surface area (Å²) in [5.74, 6) is -0.0480. The molecule has 0 saturated carbocycles. The van der Waals surface area contributed by atoms with Gasteiger partial charge in [-0.1, -0.05) is 41.9 Å². The third-order valence-corrected chi connectivity index (χ3v) is 6.76. The lowest BCUT2D eigenvalue weighted by atomic mass is 10.2. The molecule has 4 rings (SSSR count). The van der Waals surface area contributed by atoms with E-state index in [1.54, 1.807) is 0 Å². The largest absolute Gasteiger partial charge is 0.369 e. The van der Waals surface area contributed by atoms with E-state index in [1.165, 1.54) is 17.0 Å². The number of aromatic nitrogens is 1. The van der Waals surface area contributed by atoms with Crippen LogP contribution in [-0.2, 0) is 0 Å². The lowest BCUT2D eigenvalue weighted by molar-refractivity contribution is 0.0951. The minimum absolute atomic E-state index is 0.0480. The van der Waals surface area contributed by atoms with Gasteiger partial charge >= 0.3 is 0 Å². The zero-order valence-corrected chi connectivity index (χ0v) is 18.5. The third kappa shape index (κ3) is 5.01. The highest BCUT2D eigenvalue weighted by Crippen LogP contribution is 2.28. The molecule has 1 aliphatic heterocycles. The maximum atomic E-state index is 12.7. The van der Waals surface area contributed by atoms with Crippen molar-refractivity contribution in [2.45, 2.75) is 6.92 Å². The number of hydrogen-bond acceptors (Lipinski definition) is 5. The molecule has 0 unspecified atom stereocenters. The van der Waals surface area contributed by atoms with Crippen molar-refractivity contribution in [1.29, 1.82) is 0 Å². The molecule has 30 heavy (non-hydrogen) atoms. The molecule has 5 nitrogen and oxygen atoms in total. The summed E-state index contributed by atoms with van der Waals surface area (Å²) in [5.41, 5.74) is 3.02. The number of thiazole rings is 1. The van der Waals surface area contributed by atoms with Crippen LogP contribution in [0.1, 0.15) is 15.4 Å². The second-order valence-corrected chi connectivity index (χ2v) is 8.80. The van der Waals surface area contributed by atoms with Crippen molar-refractivity contribution in [2.75, 3.05) is 44.2 Å². The molecular weight excluding hydrogens is 416 g/mol. The molecule has 2 aromatic carbocycles. The van der Waals surface area contributed by atoms with Crippen molar-refractivity contribution in [3.05, 3.63) is 70.2 Å². The molecule has 0 atom stereocenters. The van der Waals surface area contributed by atoms with E-state index in [4.69, 9.17) is 11.6 Å². The number of aryl methyl sites for hydroxylation is 1. The summed E-state index contributed by atoms with van der Waals surface area (Å²) >= 11 is 7.38. The van der Waals surface area contributed by atoms with Gasteiger partial charge < -0.3 is 10.2 Å². The number of anilines is 1. The Morgan fingerprint density at radius 3 is 2.47 bits per heavy atom. The van der Waals surface area contributed by atoms with Crippen molar-refractivity contribution in [3.63, 3.8) is 0 Å². The van der Waals surface area contributed by atoms with Gasteiger partial charge in [0.25, 0.3) is 5.91 Å². The Labute approximate surface area is 186 Å². The van der Waals surface area contributed by atoms with Gasteiger partial charge in [-0.3, -0.25) is 9.69 Å². The Morgan fingerprint density at radius 2 is 1.77 bits per heavy atom. The first kappa shape index (κ1) is 20.8. The summed E-state index contributed by atoms with van der Waals surface area (Å²) in [6.07, 6.45) is 0. The highest BCUT2D eigenvalue weighted by molar-refractivity contribution is 7.17. The van der Waals surface area contributed by atoms with Crippen LogP contribution in [0.3, 0.4) is 0 Å². The lowest BCUT2D eigenvalue weighted by Crippen LogP contribution is -2.48. The first-order valence-corrected chi connectivity index (χ1v) is 11.3. The maximum Gasteiger partial charge on any atom is 0.263 e. The van der Waals surface area contributed by atoms with Crippen LogP contribution in [0.5, 0.6) is 0 Å². The van der Waals surface area contributed by atoms with Crippen LogP contribution in [0.25, 0.3) is 10.6 Å². The Morgan fingerprint density at radius 1 is 1.07 bits per heavy atom. The quantitative estimate of drug-likeness (QED) is 0.620. The molecule has 0 radical (unpaired) electrons. The molecule has 3 aromatic rings. The zero-order valence-electron chi connectivity index (χ0n) is 17.0. The number of nitrogens with one attached hydrogen (secondary N) is 1. The zero-order chi connectivity index (χ0) is 20.9. The number of halogens is 1. The number of carbonyl (C=O) groups is 1. The molecule has 1 N–H and O–H groups in total. The fourth-order valence-corrected chi connectivity index (χ4v) is 4.71. The smallest absolute Gasteiger partial charge is 0.263 e. The van der Waals surface area contributed by atoms with E-state index in [2.05, 4.69) is 44.4 Å². The molecule has 1 fully saturated rings. The van der Waals surface area contributed by atoms with Gasteiger partial charge in [-0.15, -0.1) is 11.3 Å². The van der Waals surface area contributed by atoms with Crippen LogP contribution >= 0.6 is 22.9 Å². The number of benzene rings is 2. The average molecular weight is 441 g/mol. The molecule has 0 aliphatic carbocycles. The molecule has 1 saturated heterocycles. The molecule has 2 heterocycles. The summed E-state index contributed by atoms with van der Waals surface area (Å²) in [5, 5.41) is 4.59. The van der Waals surface area contributed by atoms with Gasteiger partial charge in [0.15, 0.2) is 0 Å². The van der Waals surface area contributed by atoms with E-state index in [0.717, 1.165) is 49.0 Å². The maximum absolute atomic E-state index is 12.7. The van der Waals surface area contributed by atoms with E-state index in [0.29, 0.717) is 16.4 Å². The van der Waals surface area contributed by atoms with Crippen LogP contribution in [0.15, 0.2) is 54.6 Å². The Bertz CT molecular complexity index is 982. The molecular formula is C23H25ClN4OS. The number of rotatable bonds is 6. The Balaban J connectivity index is 1.26. The van der Waals surface area contributed by atoms with Gasteiger partial charge in [0, 0.05) is 55.5 Å². The normalized spacial score (nSPS) is 14.7.